The third-order valence-corrected chi connectivity index (χ3v) is 11.0. The molecule has 6 heteroatoms. The van der Waals surface area contributed by atoms with Crippen LogP contribution in [0.1, 0.15) is 252 Å². The molecule has 0 fully saturated rings. The van der Waals surface area contributed by atoms with Crippen molar-refractivity contribution < 1.29 is 28.6 Å². The van der Waals surface area contributed by atoms with E-state index in [1.165, 1.54) is 116 Å². The zero-order valence-corrected chi connectivity index (χ0v) is 40.2. The minimum absolute atomic E-state index is 0.0869. The molecule has 0 aliphatic heterocycles. The third kappa shape index (κ3) is 48.0. The second kappa shape index (κ2) is 49.8. The first kappa shape index (κ1) is 58.1. The summed E-state index contributed by atoms with van der Waals surface area (Å²) in [6, 6.07) is 0. The van der Waals surface area contributed by atoms with Crippen LogP contribution in [0, 0.1) is 0 Å². The predicted molar refractivity (Wildman–Crippen MR) is 261 cm³/mol. The highest BCUT2D eigenvalue weighted by atomic mass is 16.6. The van der Waals surface area contributed by atoms with Gasteiger partial charge in [-0.1, -0.05) is 210 Å². The van der Waals surface area contributed by atoms with Gasteiger partial charge in [0, 0.05) is 19.3 Å². The molecule has 0 aromatic rings. The van der Waals surface area contributed by atoms with Crippen molar-refractivity contribution >= 4 is 17.9 Å². The van der Waals surface area contributed by atoms with Crippen LogP contribution in [0.5, 0.6) is 0 Å². The standard InChI is InChI=1S/C55H96O6/c1-4-7-10-13-16-19-22-24-26-27-28-30-31-33-36-39-42-45-48-54(57)60-51-52(50-59-53(56)47-44-41-38-35-21-18-15-12-9-6-3)61-55(58)49-46-43-40-37-34-32-29-25-23-20-17-14-11-8-5-2/h8,11,14-15,17-18,20,23,28,30,52H,4-7,9-10,12-13,16,19,21-22,24-27,29,31-51H2,1-3H3/b11-8-,17-14-,18-15-,23-20-,30-28-. The summed E-state index contributed by atoms with van der Waals surface area (Å²) in [6.45, 7) is 6.44. The van der Waals surface area contributed by atoms with Crippen LogP contribution < -0.4 is 0 Å². The van der Waals surface area contributed by atoms with Crippen molar-refractivity contribution in [3.63, 3.8) is 0 Å². The summed E-state index contributed by atoms with van der Waals surface area (Å²) >= 11 is 0. The van der Waals surface area contributed by atoms with E-state index in [0.717, 1.165) is 96.3 Å². The van der Waals surface area contributed by atoms with E-state index >= 15 is 0 Å². The lowest BCUT2D eigenvalue weighted by Crippen LogP contribution is -2.30. The maximum Gasteiger partial charge on any atom is 0.306 e. The van der Waals surface area contributed by atoms with Gasteiger partial charge in [0.2, 0.25) is 0 Å². The van der Waals surface area contributed by atoms with Gasteiger partial charge in [-0.2, -0.15) is 0 Å². The lowest BCUT2D eigenvalue weighted by Gasteiger charge is -2.18. The van der Waals surface area contributed by atoms with Crippen LogP contribution in [0.15, 0.2) is 60.8 Å². The number of esters is 3. The molecular formula is C55H96O6. The first-order valence-electron chi connectivity index (χ1n) is 25.8. The Bertz CT molecular complexity index is 1120. The number of unbranched alkanes of at least 4 members (excludes halogenated alkanes) is 27. The molecule has 352 valence electrons. The van der Waals surface area contributed by atoms with E-state index in [2.05, 4.69) is 81.5 Å². The number of allylic oxidation sites excluding steroid dienone is 10. The van der Waals surface area contributed by atoms with Crippen LogP contribution in [0.4, 0.5) is 0 Å². The van der Waals surface area contributed by atoms with Crippen molar-refractivity contribution in [3.05, 3.63) is 60.8 Å². The SMILES string of the molecule is CC\C=C/C=C\C=C/CCCCCCCCCC(=O)OC(COC(=O)CCCCCC/C=C\CCCC)COC(=O)CCCCCCC/C=C\CCCCCCCCCCC. The molecule has 0 aromatic carbocycles. The molecule has 1 atom stereocenters. The number of carbonyl (C=O) groups excluding carboxylic acids is 3. The number of hydrogen-bond acceptors (Lipinski definition) is 6. The van der Waals surface area contributed by atoms with Gasteiger partial charge < -0.3 is 14.2 Å². The number of ether oxygens (including phenoxy) is 3. The zero-order chi connectivity index (χ0) is 44.4. The molecule has 0 rings (SSSR count). The smallest absolute Gasteiger partial charge is 0.306 e. The Kier molecular flexibility index (Phi) is 47.4. The minimum Gasteiger partial charge on any atom is -0.462 e. The van der Waals surface area contributed by atoms with E-state index in [4.69, 9.17) is 14.2 Å². The first-order chi connectivity index (χ1) is 30.0. The largest absolute Gasteiger partial charge is 0.462 e. The molecule has 0 aromatic heterocycles. The highest BCUT2D eigenvalue weighted by Gasteiger charge is 2.19. The molecule has 0 spiro atoms. The van der Waals surface area contributed by atoms with E-state index in [-0.39, 0.29) is 31.1 Å². The molecule has 1 unspecified atom stereocenters. The van der Waals surface area contributed by atoms with Gasteiger partial charge >= 0.3 is 17.9 Å². The zero-order valence-electron chi connectivity index (χ0n) is 40.2. The van der Waals surface area contributed by atoms with Crippen LogP contribution in [0.25, 0.3) is 0 Å². The predicted octanol–water partition coefficient (Wildman–Crippen LogP) is 16.9. The van der Waals surface area contributed by atoms with Crippen LogP contribution in [-0.2, 0) is 28.6 Å². The van der Waals surface area contributed by atoms with Gasteiger partial charge in [-0.3, -0.25) is 14.4 Å². The summed E-state index contributed by atoms with van der Waals surface area (Å²) in [5.41, 5.74) is 0. The maximum absolute atomic E-state index is 12.8. The summed E-state index contributed by atoms with van der Waals surface area (Å²) in [7, 11) is 0. The van der Waals surface area contributed by atoms with Crippen molar-refractivity contribution in [1.29, 1.82) is 0 Å². The summed E-state index contributed by atoms with van der Waals surface area (Å²) in [4.78, 5) is 37.9. The van der Waals surface area contributed by atoms with E-state index in [1.54, 1.807) is 0 Å². The van der Waals surface area contributed by atoms with Gasteiger partial charge in [0.25, 0.3) is 0 Å². The Hall–Kier alpha value is -2.89. The van der Waals surface area contributed by atoms with Crippen molar-refractivity contribution in [2.24, 2.45) is 0 Å². The van der Waals surface area contributed by atoms with Gasteiger partial charge in [0.05, 0.1) is 0 Å². The minimum atomic E-state index is -0.786. The fraction of sp³-hybridized carbons (Fsp3) is 0.764. The molecule has 0 aliphatic rings. The molecule has 0 aliphatic carbocycles. The van der Waals surface area contributed by atoms with E-state index < -0.39 is 6.10 Å². The van der Waals surface area contributed by atoms with E-state index in [0.29, 0.717) is 19.3 Å². The molecular weight excluding hydrogens is 757 g/mol. The Morgan fingerprint density at radius 2 is 0.672 bits per heavy atom. The molecule has 0 saturated heterocycles. The highest BCUT2D eigenvalue weighted by Crippen LogP contribution is 2.14. The van der Waals surface area contributed by atoms with Gasteiger partial charge in [0.15, 0.2) is 6.10 Å². The molecule has 0 saturated carbocycles. The Morgan fingerprint density at radius 1 is 0.344 bits per heavy atom. The van der Waals surface area contributed by atoms with E-state index in [1.807, 2.05) is 0 Å². The Balaban J connectivity index is 4.36. The normalized spacial score (nSPS) is 12.5. The molecule has 6 nitrogen and oxygen atoms in total. The van der Waals surface area contributed by atoms with Gasteiger partial charge in [-0.15, -0.1) is 0 Å². The van der Waals surface area contributed by atoms with Crippen LogP contribution in [0.3, 0.4) is 0 Å². The topological polar surface area (TPSA) is 78.9 Å². The molecule has 0 heterocycles. The summed E-state index contributed by atoms with van der Waals surface area (Å²) in [5.74, 6) is -0.918. The van der Waals surface area contributed by atoms with Crippen LogP contribution in [0.2, 0.25) is 0 Å². The second-order valence-electron chi connectivity index (χ2n) is 17.1. The third-order valence-electron chi connectivity index (χ3n) is 11.0. The second-order valence-corrected chi connectivity index (χ2v) is 17.1. The fourth-order valence-corrected chi connectivity index (χ4v) is 7.12. The lowest BCUT2D eigenvalue weighted by atomic mass is 10.1. The summed E-state index contributed by atoms with van der Waals surface area (Å²) in [6.07, 6.45) is 60.7. The van der Waals surface area contributed by atoms with Crippen molar-refractivity contribution in [2.45, 2.75) is 258 Å². The quantitative estimate of drug-likeness (QED) is 0.0200. The van der Waals surface area contributed by atoms with Gasteiger partial charge in [-0.25, -0.2) is 0 Å². The molecule has 61 heavy (non-hydrogen) atoms. The lowest BCUT2D eigenvalue weighted by molar-refractivity contribution is -0.167. The average Bonchev–Trinajstić information content (AvgIpc) is 3.26. The van der Waals surface area contributed by atoms with Crippen LogP contribution in [-0.4, -0.2) is 37.2 Å². The summed E-state index contributed by atoms with van der Waals surface area (Å²) < 4.78 is 16.8. The highest BCUT2D eigenvalue weighted by molar-refractivity contribution is 5.71. The Morgan fingerprint density at radius 3 is 1.08 bits per heavy atom. The van der Waals surface area contributed by atoms with Crippen molar-refractivity contribution in [1.82, 2.24) is 0 Å². The first-order valence-corrected chi connectivity index (χ1v) is 25.8. The van der Waals surface area contributed by atoms with Gasteiger partial charge in [-0.05, 0) is 83.5 Å². The van der Waals surface area contributed by atoms with Crippen molar-refractivity contribution in [3.8, 4) is 0 Å². The average molecular weight is 853 g/mol. The van der Waals surface area contributed by atoms with Crippen LogP contribution >= 0.6 is 0 Å². The maximum atomic E-state index is 12.8. The summed E-state index contributed by atoms with van der Waals surface area (Å²) in [5, 5.41) is 0. The molecule has 0 radical (unpaired) electrons. The van der Waals surface area contributed by atoms with Crippen molar-refractivity contribution in [2.75, 3.05) is 13.2 Å². The number of rotatable bonds is 46. The Labute approximate surface area is 377 Å². The number of carbonyl (C=O) groups is 3. The molecule has 0 amide bonds. The van der Waals surface area contributed by atoms with Gasteiger partial charge in [0.1, 0.15) is 13.2 Å². The molecule has 0 N–H and O–H groups in total. The monoisotopic (exact) mass is 853 g/mol. The fourth-order valence-electron chi connectivity index (χ4n) is 7.12. The number of hydrogen-bond donors (Lipinski definition) is 0. The van der Waals surface area contributed by atoms with E-state index in [9.17, 15) is 14.4 Å². The molecule has 0 bridgehead atoms.